The number of nitrogens with zero attached hydrogens (tertiary/aromatic N) is 2. The van der Waals surface area contributed by atoms with Crippen LogP contribution < -0.4 is 5.32 Å². The quantitative estimate of drug-likeness (QED) is 0.935. The molecule has 21 heavy (non-hydrogen) atoms. The van der Waals surface area contributed by atoms with E-state index in [0.717, 1.165) is 17.8 Å². The van der Waals surface area contributed by atoms with E-state index in [-0.39, 0.29) is 11.9 Å². The first-order chi connectivity index (χ1) is 9.88. The molecular weight excluding hydrogens is 279 g/mol. The van der Waals surface area contributed by atoms with Crippen LogP contribution >= 0.6 is 0 Å². The number of hydrogen-bond donors (Lipinski definition) is 1. The minimum absolute atomic E-state index is 0.0889. The van der Waals surface area contributed by atoms with Crippen LogP contribution in [0, 0.1) is 0 Å². The minimum Gasteiger partial charge on any atom is -0.310 e. The van der Waals surface area contributed by atoms with Crippen LogP contribution in [0.5, 0.6) is 0 Å². The third-order valence-electron chi connectivity index (χ3n) is 2.91. The molecule has 0 unspecified atom stereocenters. The van der Waals surface area contributed by atoms with Gasteiger partial charge in [-0.2, -0.15) is 13.2 Å². The third kappa shape index (κ3) is 4.01. The summed E-state index contributed by atoms with van der Waals surface area (Å²) in [6.07, 6.45) is -3.33. The van der Waals surface area contributed by atoms with Crippen LogP contribution in [0.15, 0.2) is 36.5 Å². The fourth-order valence-electron chi connectivity index (χ4n) is 1.85. The van der Waals surface area contributed by atoms with Crippen LogP contribution in [0.2, 0.25) is 0 Å². The molecule has 1 N–H and O–H groups in total. The second-order valence-electron chi connectivity index (χ2n) is 4.96. The van der Waals surface area contributed by atoms with Crippen molar-refractivity contribution >= 4 is 0 Å². The molecule has 0 aliphatic heterocycles. The Hall–Kier alpha value is -1.95. The molecule has 0 spiro atoms. The summed E-state index contributed by atoms with van der Waals surface area (Å²) in [7, 11) is 0. The molecule has 6 heteroatoms. The first-order valence-electron chi connectivity index (χ1n) is 6.60. The van der Waals surface area contributed by atoms with Crippen molar-refractivity contribution in [3.05, 3.63) is 47.8 Å². The maximum atomic E-state index is 12.7. The average Bonchev–Trinajstić information content (AvgIpc) is 2.44. The molecular formula is C15H16F3N3. The zero-order valence-electron chi connectivity index (χ0n) is 11.8. The maximum Gasteiger partial charge on any atom is 0.433 e. The smallest absolute Gasteiger partial charge is 0.310 e. The normalized spacial score (nSPS) is 11.9. The zero-order valence-corrected chi connectivity index (χ0v) is 11.8. The van der Waals surface area contributed by atoms with Crippen molar-refractivity contribution in [2.45, 2.75) is 32.6 Å². The Bertz CT molecular complexity index is 609. The first-order valence-corrected chi connectivity index (χ1v) is 6.60. The lowest BCUT2D eigenvalue weighted by molar-refractivity contribution is -0.141. The number of alkyl halides is 3. The fourth-order valence-corrected chi connectivity index (χ4v) is 1.85. The monoisotopic (exact) mass is 295 g/mol. The molecule has 0 saturated heterocycles. The van der Waals surface area contributed by atoms with E-state index in [4.69, 9.17) is 0 Å². The van der Waals surface area contributed by atoms with E-state index in [1.165, 1.54) is 0 Å². The lowest BCUT2D eigenvalue weighted by atomic mass is 10.1. The fraction of sp³-hybridized carbons (Fsp3) is 0.333. The van der Waals surface area contributed by atoms with E-state index in [1.54, 1.807) is 12.1 Å². The molecule has 112 valence electrons. The van der Waals surface area contributed by atoms with E-state index in [2.05, 4.69) is 15.3 Å². The van der Waals surface area contributed by atoms with Crippen LogP contribution in [0.1, 0.15) is 25.1 Å². The molecule has 0 saturated carbocycles. The largest absolute Gasteiger partial charge is 0.433 e. The molecule has 2 aromatic rings. The van der Waals surface area contributed by atoms with Crippen molar-refractivity contribution in [1.29, 1.82) is 0 Å². The number of halogens is 3. The van der Waals surface area contributed by atoms with Crippen LogP contribution in [-0.4, -0.2) is 16.0 Å². The standard InChI is InChI=1S/C15H16F3N3/c1-10(2)20-9-11-5-3-4-6-12(11)14-19-8-7-13(21-14)15(16,17)18/h3-8,10,20H,9H2,1-2H3. The lowest BCUT2D eigenvalue weighted by Crippen LogP contribution is -2.22. The second-order valence-corrected chi connectivity index (χ2v) is 4.96. The highest BCUT2D eigenvalue weighted by atomic mass is 19.4. The van der Waals surface area contributed by atoms with E-state index < -0.39 is 11.9 Å². The van der Waals surface area contributed by atoms with Gasteiger partial charge in [0.05, 0.1) is 0 Å². The molecule has 0 aliphatic carbocycles. The highest BCUT2D eigenvalue weighted by molar-refractivity contribution is 5.60. The molecule has 0 atom stereocenters. The number of aromatic nitrogens is 2. The van der Waals surface area contributed by atoms with Gasteiger partial charge in [0.15, 0.2) is 5.82 Å². The lowest BCUT2D eigenvalue weighted by Gasteiger charge is -2.13. The summed E-state index contributed by atoms with van der Waals surface area (Å²) in [6, 6.07) is 8.34. The predicted molar refractivity (Wildman–Crippen MR) is 74.4 cm³/mol. The van der Waals surface area contributed by atoms with Crippen molar-refractivity contribution in [1.82, 2.24) is 15.3 Å². The van der Waals surface area contributed by atoms with Gasteiger partial charge in [-0.3, -0.25) is 0 Å². The van der Waals surface area contributed by atoms with Crippen molar-refractivity contribution in [2.24, 2.45) is 0 Å². The topological polar surface area (TPSA) is 37.8 Å². The third-order valence-corrected chi connectivity index (χ3v) is 2.91. The van der Waals surface area contributed by atoms with Crippen molar-refractivity contribution in [2.75, 3.05) is 0 Å². The summed E-state index contributed by atoms with van der Waals surface area (Å²) in [5.41, 5.74) is 0.543. The SMILES string of the molecule is CC(C)NCc1ccccc1-c1nccc(C(F)(F)F)n1. The highest BCUT2D eigenvalue weighted by Crippen LogP contribution is 2.29. The summed E-state index contributed by atoms with van der Waals surface area (Å²) < 4.78 is 38.2. The summed E-state index contributed by atoms with van der Waals surface area (Å²) in [4.78, 5) is 7.61. The summed E-state index contributed by atoms with van der Waals surface area (Å²) in [5.74, 6) is 0.0889. The number of nitrogens with one attached hydrogen (secondary N) is 1. The summed E-state index contributed by atoms with van der Waals surface area (Å²) in [5, 5.41) is 3.24. The molecule has 0 aliphatic rings. The second kappa shape index (κ2) is 6.22. The van der Waals surface area contributed by atoms with Gasteiger partial charge in [-0.25, -0.2) is 9.97 Å². The summed E-state index contributed by atoms with van der Waals surface area (Å²) in [6.45, 7) is 4.56. The van der Waals surface area contributed by atoms with Crippen molar-refractivity contribution in [3.8, 4) is 11.4 Å². The van der Waals surface area contributed by atoms with Gasteiger partial charge < -0.3 is 5.32 Å². The van der Waals surface area contributed by atoms with Gasteiger partial charge in [0.25, 0.3) is 0 Å². The van der Waals surface area contributed by atoms with Gasteiger partial charge in [-0.15, -0.1) is 0 Å². The van der Waals surface area contributed by atoms with Crippen molar-refractivity contribution in [3.63, 3.8) is 0 Å². The molecule has 0 radical (unpaired) electrons. The van der Waals surface area contributed by atoms with Gasteiger partial charge in [0.2, 0.25) is 0 Å². The molecule has 1 heterocycles. The van der Waals surface area contributed by atoms with Gasteiger partial charge >= 0.3 is 6.18 Å². The Morgan fingerprint density at radius 2 is 1.86 bits per heavy atom. The zero-order chi connectivity index (χ0) is 15.5. The Balaban J connectivity index is 2.38. The van der Waals surface area contributed by atoms with Gasteiger partial charge in [0, 0.05) is 24.3 Å². The minimum atomic E-state index is -4.47. The number of rotatable bonds is 4. The van der Waals surface area contributed by atoms with Crippen LogP contribution in [0.4, 0.5) is 13.2 Å². The van der Waals surface area contributed by atoms with E-state index in [9.17, 15) is 13.2 Å². The van der Waals surface area contributed by atoms with Gasteiger partial charge in [0.1, 0.15) is 5.69 Å². The molecule has 2 rings (SSSR count). The Kier molecular flexibility index (Phi) is 4.57. The van der Waals surface area contributed by atoms with E-state index in [0.29, 0.717) is 12.1 Å². The molecule has 1 aromatic heterocycles. The highest BCUT2D eigenvalue weighted by Gasteiger charge is 2.32. The van der Waals surface area contributed by atoms with Crippen molar-refractivity contribution < 1.29 is 13.2 Å². The number of benzene rings is 1. The van der Waals surface area contributed by atoms with Crippen LogP contribution in [0.25, 0.3) is 11.4 Å². The number of hydrogen-bond acceptors (Lipinski definition) is 3. The van der Waals surface area contributed by atoms with Crippen LogP contribution in [-0.2, 0) is 12.7 Å². The van der Waals surface area contributed by atoms with E-state index in [1.807, 2.05) is 26.0 Å². The predicted octanol–water partition coefficient (Wildman–Crippen LogP) is 3.66. The average molecular weight is 295 g/mol. The summed E-state index contributed by atoms with van der Waals surface area (Å²) >= 11 is 0. The van der Waals surface area contributed by atoms with Crippen LogP contribution in [0.3, 0.4) is 0 Å². The Morgan fingerprint density at radius 1 is 1.14 bits per heavy atom. The Morgan fingerprint density at radius 3 is 2.52 bits per heavy atom. The molecule has 0 bridgehead atoms. The molecule has 0 amide bonds. The first kappa shape index (κ1) is 15.4. The molecule has 3 nitrogen and oxygen atoms in total. The molecule has 0 fully saturated rings. The van der Waals surface area contributed by atoms with E-state index >= 15 is 0 Å². The maximum absolute atomic E-state index is 12.7. The van der Waals surface area contributed by atoms with Gasteiger partial charge in [-0.1, -0.05) is 38.1 Å². The molecule has 1 aromatic carbocycles. The Labute approximate surface area is 121 Å². The van der Waals surface area contributed by atoms with Gasteiger partial charge in [-0.05, 0) is 11.6 Å².